The van der Waals surface area contributed by atoms with Crippen LogP contribution in [0.25, 0.3) is 0 Å². The summed E-state index contributed by atoms with van der Waals surface area (Å²) < 4.78 is 0. The van der Waals surface area contributed by atoms with Gasteiger partial charge in [-0.05, 0) is 24.2 Å². The summed E-state index contributed by atoms with van der Waals surface area (Å²) in [6.07, 6.45) is 1.16. The van der Waals surface area contributed by atoms with Crippen molar-refractivity contribution in [2.24, 2.45) is 0 Å². The van der Waals surface area contributed by atoms with Crippen molar-refractivity contribution in [3.63, 3.8) is 0 Å². The lowest BCUT2D eigenvalue weighted by Crippen LogP contribution is -2.40. The SMILES string of the molecule is CN/C(=C\SC)C(=O)N[C@H](C)C(O)c1ccccc1. The zero-order valence-electron chi connectivity index (χ0n) is 11.4. The summed E-state index contributed by atoms with van der Waals surface area (Å²) in [6.45, 7) is 1.78. The molecule has 1 unspecified atom stereocenters. The van der Waals surface area contributed by atoms with E-state index in [1.54, 1.807) is 19.4 Å². The quantitative estimate of drug-likeness (QED) is 0.693. The van der Waals surface area contributed by atoms with Crippen molar-refractivity contribution in [3.8, 4) is 0 Å². The number of thioether (sulfide) groups is 1. The first-order valence-electron chi connectivity index (χ1n) is 6.04. The van der Waals surface area contributed by atoms with E-state index in [1.165, 1.54) is 11.8 Å². The molecule has 0 aliphatic carbocycles. The lowest BCUT2D eigenvalue weighted by atomic mass is 10.0. The second kappa shape index (κ2) is 7.86. The van der Waals surface area contributed by atoms with Gasteiger partial charge < -0.3 is 15.7 Å². The van der Waals surface area contributed by atoms with E-state index in [-0.39, 0.29) is 11.9 Å². The Morgan fingerprint density at radius 1 is 1.37 bits per heavy atom. The number of benzene rings is 1. The predicted octanol–water partition coefficient (Wildman–Crippen LogP) is 1.65. The molecule has 2 atom stereocenters. The van der Waals surface area contributed by atoms with Crippen LogP contribution in [0.15, 0.2) is 41.4 Å². The van der Waals surface area contributed by atoms with Gasteiger partial charge in [-0.25, -0.2) is 0 Å². The highest BCUT2D eigenvalue weighted by atomic mass is 32.2. The van der Waals surface area contributed by atoms with Gasteiger partial charge in [-0.1, -0.05) is 30.3 Å². The van der Waals surface area contributed by atoms with E-state index in [4.69, 9.17) is 0 Å². The molecule has 5 heteroatoms. The number of nitrogens with one attached hydrogen (secondary N) is 2. The molecule has 0 saturated heterocycles. The first-order valence-corrected chi connectivity index (χ1v) is 7.33. The summed E-state index contributed by atoms with van der Waals surface area (Å²) in [5.74, 6) is -0.223. The number of carbonyl (C=O) groups excluding carboxylic acids is 1. The minimum Gasteiger partial charge on any atom is -0.386 e. The summed E-state index contributed by atoms with van der Waals surface area (Å²) >= 11 is 1.45. The molecule has 0 aliphatic heterocycles. The van der Waals surface area contributed by atoms with E-state index in [1.807, 2.05) is 36.6 Å². The fourth-order valence-corrected chi connectivity index (χ4v) is 2.11. The highest BCUT2D eigenvalue weighted by Gasteiger charge is 2.19. The Hall–Kier alpha value is -1.46. The van der Waals surface area contributed by atoms with Gasteiger partial charge in [-0.15, -0.1) is 11.8 Å². The molecule has 1 aromatic rings. The predicted molar refractivity (Wildman–Crippen MR) is 79.7 cm³/mol. The van der Waals surface area contributed by atoms with E-state index in [0.29, 0.717) is 5.70 Å². The molecule has 1 amide bonds. The van der Waals surface area contributed by atoms with Gasteiger partial charge in [-0.2, -0.15) is 0 Å². The molecule has 0 aliphatic rings. The second-order valence-electron chi connectivity index (χ2n) is 4.13. The molecule has 0 radical (unpaired) electrons. The highest BCUT2D eigenvalue weighted by Crippen LogP contribution is 2.16. The molecule has 0 saturated carbocycles. The van der Waals surface area contributed by atoms with Crippen LogP contribution < -0.4 is 10.6 Å². The maximum absolute atomic E-state index is 11.9. The van der Waals surface area contributed by atoms with Crippen molar-refractivity contribution in [2.45, 2.75) is 19.1 Å². The van der Waals surface area contributed by atoms with Crippen LogP contribution in [0.5, 0.6) is 0 Å². The van der Waals surface area contributed by atoms with Gasteiger partial charge >= 0.3 is 0 Å². The number of aliphatic hydroxyl groups excluding tert-OH is 1. The Kier molecular flexibility index (Phi) is 6.45. The smallest absolute Gasteiger partial charge is 0.268 e. The fraction of sp³-hybridized carbons (Fsp3) is 0.357. The largest absolute Gasteiger partial charge is 0.386 e. The molecule has 0 fully saturated rings. The van der Waals surface area contributed by atoms with Crippen LogP contribution in [-0.4, -0.2) is 30.4 Å². The minimum atomic E-state index is -0.725. The Morgan fingerprint density at radius 3 is 2.53 bits per heavy atom. The number of aliphatic hydroxyl groups is 1. The van der Waals surface area contributed by atoms with Crippen LogP contribution in [-0.2, 0) is 4.79 Å². The summed E-state index contributed by atoms with van der Waals surface area (Å²) in [5.41, 5.74) is 1.27. The van der Waals surface area contributed by atoms with Crippen LogP contribution >= 0.6 is 11.8 Å². The van der Waals surface area contributed by atoms with Crippen LogP contribution in [0.3, 0.4) is 0 Å². The maximum Gasteiger partial charge on any atom is 0.268 e. The third-order valence-corrected chi connectivity index (χ3v) is 3.19. The Labute approximate surface area is 118 Å². The van der Waals surface area contributed by atoms with Crippen molar-refractivity contribution in [1.29, 1.82) is 0 Å². The molecule has 0 aromatic heterocycles. The molecule has 19 heavy (non-hydrogen) atoms. The summed E-state index contributed by atoms with van der Waals surface area (Å²) in [7, 11) is 1.69. The van der Waals surface area contributed by atoms with Gasteiger partial charge in [0.1, 0.15) is 5.70 Å². The number of carbonyl (C=O) groups is 1. The number of hydrogen-bond acceptors (Lipinski definition) is 4. The summed E-state index contributed by atoms with van der Waals surface area (Å²) in [6, 6.07) is 8.92. The number of likely N-dealkylation sites (N-methyl/N-ethyl adjacent to an activating group) is 1. The normalized spacial score (nSPS) is 14.6. The van der Waals surface area contributed by atoms with E-state index < -0.39 is 6.10 Å². The monoisotopic (exact) mass is 280 g/mol. The summed E-state index contributed by atoms with van der Waals surface area (Å²) in [5, 5.41) is 17.5. The molecule has 104 valence electrons. The average Bonchev–Trinajstić information content (AvgIpc) is 2.44. The molecular formula is C14H20N2O2S. The van der Waals surface area contributed by atoms with Crippen LogP contribution in [0, 0.1) is 0 Å². The van der Waals surface area contributed by atoms with Gasteiger partial charge in [0, 0.05) is 7.05 Å². The van der Waals surface area contributed by atoms with E-state index >= 15 is 0 Å². The molecule has 3 N–H and O–H groups in total. The van der Waals surface area contributed by atoms with Crippen molar-refractivity contribution < 1.29 is 9.90 Å². The molecule has 0 heterocycles. The van der Waals surface area contributed by atoms with E-state index in [2.05, 4.69) is 10.6 Å². The van der Waals surface area contributed by atoms with Crippen molar-refractivity contribution >= 4 is 17.7 Å². The Balaban J connectivity index is 2.67. The number of amides is 1. The first-order chi connectivity index (χ1) is 9.10. The molecule has 4 nitrogen and oxygen atoms in total. The lowest BCUT2D eigenvalue weighted by molar-refractivity contribution is -0.119. The van der Waals surface area contributed by atoms with Gasteiger partial charge in [0.25, 0.3) is 5.91 Å². The maximum atomic E-state index is 11.9. The second-order valence-corrected chi connectivity index (χ2v) is 4.84. The highest BCUT2D eigenvalue weighted by molar-refractivity contribution is 8.01. The van der Waals surface area contributed by atoms with Gasteiger partial charge in [0.2, 0.25) is 0 Å². The number of hydrogen-bond donors (Lipinski definition) is 3. The van der Waals surface area contributed by atoms with Crippen molar-refractivity contribution in [3.05, 3.63) is 47.0 Å². The van der Waals surface area contributed by atoms with Crippen LogP contribution in [0.4, 0.5) is 0 Å². The first kappa shape index (κ1) is 15.6. The fourth-order valence-electron chi connectivity index (χ4n) is 1.65. The average molecular weight is 280 g/mol. The zero-order valence-corrected chi connectivity index (χ0v) is 12.2. The van der Waals surface area contributed by atoms with Gasteiger partial charge in [0.15, 0.2) is 0 Å². The third-order valence-electron chi connectivity index (χ3n) is 2.72. The molecule has 0 bridgehead atoms. The topological polar surface area (TPSA) is 61.4 Å². The Bertz CT molecular complexity index is 434. The minimum absolute atomic E-state index is 0.223. The van der Waals surface area contributed by atoms with E-state index in [9.17, 15) is 9.90 Å². The molecule has 0 spiro atoms. The van der Waals surface area contributed by atoms with Gasteiger partial charge in [0.05, 0.1) is 12.1 Å². The van der Waals surface area contributed by atoms with Crippen LogP contribution in [0.1, 0.15) is 18.6 Å². The molecule has 1 rings (SSSR count). The molecular weight excluding hydrogens is 260 g/mol. The standard InChI is InChI=1S/C14H20N2O2S/c1-10(13(17)11-7-5-4-6-8-11)16-14(18)12(15-2)9-19-3/h4-10,13,15,17H,1-3H3,(H,16,18)/b12-9-/t10-,13?/m1/s1. The van der Waals surface area contributed by atoms with Crippen molar-refractivity contribution in [2.75, 3.05) is 13.3 Å². The van der Waals surface area contributed by atoms with E-state index in [0.717, 1.165) is 5.56 Å². The van der Waals surface area contributed by atoms with Gasteiger partial charge in [-0.3, -0.25) is 4.79 Å². The zero-order chi connectivity index (χ0) is 14.3. The van der Waals surface area contributed by atoms with Crippen molar-refractivity contribution in [1.82, 2.24) is 10.6 Å². The summed E-state index contributed by atoms with van der Waals surface area (Å²) in [4.78, 5) is 11.9. The third kappa shape index (κ3) is 4.61. The molecule has 1 aromatic carbocycles. The lowest BCUT2D eigenvalue weighted by Gasteiger charge is -2.21. The van der Waals surface area contributed by atoms with Crippen LogP contribution in [0.2, 0.25) is 0 Å². The number of rotatable bonds is 6. The Morgan fingerprint density at radius 2 is 2.00 bits per heavy atom.